The van der Waals surface area contributed by atoms with E-state index in [1.807, 2.05) is 19.9 Å². The molecule has 0 radical (unpaired) electrons. The molecule has 2 nitrogen and oxygen atoms in total. The smallest absolute Gasteiger partial charge is 0.164 e. The van der Waals surface area contributed by atoms with Crippen LogP contribution in [0.25, 0.3) is 0 Å². The predicted molar refractivity (Wildman–Crippen MR) is 79.8 cm³/mol. The minimum Gasteiger partial charge on any atom is -0.303 e. The van der Waals surface area contributed by atoms with E-state index in [1.54, 1.807) is 0 Å². The van der Waals surface area contributed by atoms with Crippen molar-refractivity contribution in [3.63, 3.8) is 0 Å². The van der Waals surface area contributed by atoms with Crippen LogP contribution in [0.3, 0.4) is 0 Å². The van der Waals surface area contributed by atoms with E-state index in [1.165, 1.54) is 44.3 Å². The minimum atomic E-state index is 0.297. The Morgan fingerprint density at radius 2 is 1.79 bits per heavy atom. The molecule has 0 amide bonds. The second-order valence-electron chi connectivity index (χ2n) is 5.75. The monoisotopic (exact) mass is 259 g/mol. The quantitative estimate of drug-likeness (QED) is 0.767. The molecule has 0 unspecified atom stereocenters. The van der Waals surface area contributed by atoms with Crippen molar-refractivity contribution >= 4 is 5.78 Å². The third kappa shape index (κ3) is 4.17. The molecule has 1 saturated heterocycles. The van der Waals surface area contributed by atoms with Crippen LogP contribution in [-0.4, -0.2) is 30.3 Å². The number of carbonyl (C=O) groups excluding carboxylic acids is 1. The summed E-state index contributed by atoms with van der Waals surface area (Å²) >= 11 is 0. The van der Waals surface area contributed by atoms with Gasteiger partial charge in [0, 0.05) is 18.5 Å². The molecule has 0 N–H and O–H groups in total. The van der Waals surface area contributed by atoms with Crippen LogP contribution in [0, 0.1) is 13.8 Å². The first-order chi connectivity index (χ1) is 9.16. The molecule has 1 heterocycles. The van der Waals surface area contributed by atoms with E-state index in [9.17, 15) is 4.79 Å². The van der Waals surface area contributed by atoms with Crippen molar-refractivity contribution < 1.29 is 4.79 Å². The lowest BCUT2D eigenvalue weighted by molar-refractivity contribution is 0.0964. The summed E-state index contributed by atoms with van der Waals surface area (Å²) in [6, 6.07) is 6.15. The van der Waals surface area contributed by atoms with Gasteiger partial charge in [-0.05, 0) is 51.4 Å². The molecular formula is C17H25NO. The summed E-state index contributed by atoms with van der Waals surface area (Å²) < 4.78 is 0. The zero-order valence-corrected chi connectivity index (χ0v) is 12.2. The average molecular weight is 259 g/mol. The maximum absolute atomic E-state index is 12.3. The number of nitrogens with zero attached hydrogens (tertiary/aromatic N) is 1. The summed E-state index contributed by atoms with van der Waals surface area (Å²) in [5, 5.41) is 0. The van der Waals surface area contributed by atoms with Crippen LogP contribution in [0.1, 0.15) is 53.6 Å². The Kier molecular flexibility index (Phi) is 5.15. The van der Waals surface area contributed by atoms with Gasteiger partial charge in [0.2, 0.25) is 0 Å². The normalized spacial score (nSPS) is 17.2. The number of benzene rings is 1. The molecule has 19 heavy (non-hydrogen) atoms. The number of likely N-dealkylation sites (tertiary alicyclic amines) is 1. The van der Waals surface area contributed by atoms with Gasteiger partial charge in [0.25, 0.3) is 0 Å². The second kappa shape index (κ2) is 6.85. The molecule has 1 fully saturated rings. The van der Waals surface area contributed by atoms with Gasteiger partial charge in [-0.15, -0.1) is 0 Å². The number of ketones is 1. The fraction of sp³-hybridized carbons (Fsp3) is 0.588. The van der Waals surface area contributed by atoms with Crippen LogP contribution in [0.5, 0.6) is 0 Å². The average Bonchev–Trinajstić information content (AvgIpc) is 2.67. The van der Waals surface area contributed by atoms with Gasteiger partial charge in [0.1, 0.15) is 0 Å². The van der Waals surface area contributed by atoms with E-state index in [0.717, 1.165) is 17.7 Å². The Morgan fingerprint density at radius 3 is 2.47 bits per heavy atom. The van der Waals surface area contributed by atoms with Crippen LogP contribution in [0.4, 0.5) is 0 Å². The highest BCUT2D eigenvalue weighted by molar-refractivity contribution is 5.97. The lowest BCUT2D eigenvalue weighted by Gasteiger charge is -2.19. The fourth-order valence-corrected chi connectivity index (χ4v) is 2.79. The highest BCUT2D eigenvalue weighted by Crippen LogP contribution is 2.15. The number of hydrogen-bond acceptors (Lipinski definition) is 2. The highest BCUT2D eigenvalue weighted by Gasteiger charge is 2.13. The van der Waals surface area contributed by atoms with Gasteiger partial charge in [-0.25, -0.2) is 0 Å². The standard InChI is InChI=1S/C17H25NO/c1-14-7-8-15(2)16(13-14)17(19)9-12-18-10-5-3-4-6-11-18/h7-8,13H,3-6,9-12H2,1-2H3. The SMILES string of the molecule is Cc1ccc(C)c(C(=O)CCN2CCCCCC2)c1. The van der Waals surface area contributed by atoms with Crippen molar-refractivity contribution in [3.8, 4) is 0 Å². The third-order valence-corrected chi connectivity index (χ3v) is 4.05. The highest BCUT2D eigenvalue weighted by atomic mass is 16.1. The van der Waals surface area contributed by atoms with E-state index < -0.39 is 0 Å². The fourth-order valence-electron chi connectivity index (χ4n) is 2.79. The largest absolute Gasteiger partial charge is 0.303 e. The summed E-state index contributed by atoms with van der Waals surface area (Å²) in [4.78, 5) is 14.8. The molecule has 0 bridgehead atoms. The first-order valence-corrected chi connectivity index (χ1v) is 7.49. The Balaban J connectivity index is 1.91. The van der Waals surface area contributed by atoms with Crippen molar-refractivity contribution in [2.75, 3.05) is 19.6 Å². The molecule has 0 saturated carbocycles. The van der Waals surface area contributed by atoms with Crippen LogP contribution in [0.2, 0.25) is 0 Å². The Hall–Kier alpha value is -1.15. The Bertz CT molecular complexity index is 431. The van der Waals surface area contributed by atoms with E-state index in [-0.39, 0.29) is 0 Å². The van der Waals surface area contributed by atoms with Crippen LogP contribution in [-0.2, 0) is 0 Å². The third-order valence-electron chi connectivity index (χ3n) is 4.05. The van der Waals surface area contributed by atoms with Crippen LogP contribution >= 0.6 is 0 Å². The van der Waals surface area contributed by atoms with Gasteiger partial charge in [-0.1, -0.05) is 30.5 Å². The first-order valence-electron chi connectivity index (χ1n) is 7.49. The van der Waals surface area contributed by atoms with Crippen LogP contribution < -0.4 is 0 Å². The number of rotatable bonds is 4. The van der Waals surface area contributed by atoms with E-state index in [2.05, 4.69) is 17.0 Å². The van der Waals surface area contributed by atoms with Gasteiger partial charge < -0.3 is 4.90 Å². The van der Waals surface area contributed by atoms with Crippen molar-refractivity contribution in [1.29, 1.82) is 0 Å². The number of carbonyl (C=O) groups is 1. The molecule has 1 aliphatic rings. The minimum absolute atomic E-state index is 0.297. The molecule has 1 aromatic rings. The first kappa shape index (κ1) is 14.3. The van der Waals surface area contributed by atoms with Crippen molar-refractivity contribution in [2.24, 2.45) is 0 Å². The molecule has 2 heteroatoms. The predicted octanol–water partition coefficient (Wildman–Crippen LogP) is 3.75. The molecule has 2 rings (SSSR count). The molecule has 0 aromatic heterocycles. The van der Waals surface area contributed by atoms with Gasteiger partial charge in [0.05, 0.1) is 0 Å². The molecule has 1 aliphatic heterocycles. The zero-order chi connectivity index (χ0) is 13.7. The summed E-state index contributed by atoms with van der Waals surface area (Å²) in [5.74, 6) is 0.297. The molecule has 0 aliphatic carbocycles. The van der Waals surface area contributed by atoms with Gasteiger partial charge in [-0.3, -0.25) is 4.79 Å². The number of Topliss-reactive ketones (excluding diaryl/α,β-unsaturated/α-hetero) is 1. The van der Waals surface area contributed by atoms with E-state index in [0.29, 0.717) is 12.2 Å². The van der Waals surface area contributed by atoms with Crippen molar-refractivity contribution in [2.45, 2.75) is 46.0 Å². The molecule has 0 spiro atoms. The maximum Gasteiger partial charge on any atom is 0.164 e. The summed E-state index contributed by atoms with van der Waals surface area (Å²) in [6.45, 7) is 7.33. The van der Waals surface area contributed by atoms with Crippen molar-refractivity contribution in [3.05, 3.63) is 34.9 Å². The second-order valence-corrected chi connectivity index (χ2v) is 5.75. The van der Waals surface area contributed by atoms with Gasteiger partial charge >= 0.3 is 0 Å². The van der Waals surface area contributed by atoms with Gasteiger partial charge in [-0.2, -0.15) is 0 Å². The number of hydrogen-bond donors (Lipinski definition) is 0. The van der Waals surface area contributed by atoms with E-state index >= 15 is 0 Å². The summed E-state index contributed by atoms with van der Waals surface area (Å²) in [6.07, 6.45) is 5.93. The molecule has 104 valence electrons. The summed E-state index contributed by atoms with van der Waals surface area (Å²) in [5.41, 5.74) is 3.19. The number of aryl methyl sites for hydroxylation is 2. The maximum atomic E-state index is 12.3. The Morgan fingerprint density at radius 1 is 1.11 bits per heavy atom. The lowest BCUT2D eigenvalue weighted by Crippen LogP contribution is -2.27. The zero-order valence-electron chi connectivity index (χ0n) is 12.2. The summed E-state index contributed by atoms with van der Waals surface area (Å²) in [7, 11) is 0. The van der Waals surface area contributed by atoms with Crippen LogP contribution in [0.15, 0.2) is 18.2 Å². The Labute approximate surface area is 116 Å². The lowest BCUT2D eigenvalue weighted by atomic mass is 10.00. The molecule has 1 aromatic carbocycles. The topological polar surface area (TPSA) is 20.3 Å². The van der Waals surface area contributed by atoms with Gasteiger partial charge in [0.15, 0.2) is 5.78 Å². The van der Waals surface area contributed by atoms with Crippen molar-refractivity contribution in [1.82, 2.24) is 4.90 Å². The molecular weight excluding hydrogens is 234 g/mol. The van der Waals surface area contributed by atoms with E-state index in [4.69, 9.17) is 0 Å². The molecule has 0 atom stereocenters.